The lowest BCUT2D eigenvalue weighted by Crippen LogP contribution is -2.45. The summed E-state index contributed by atoms with van der Waals surface area (Å²) in [7, 11) is 1.58. The van der Waals surface area contributed by atoms with Crippen molar-refractivity contribution < 1.29 is 32.9 Å². The van der Waals surface area contributed by atoms with Crippen molar-refractivity contribution in [3.8, 4) is 0 Å². The third-order valence-electron chi connectivity index (χ3n) is 11.3. The SMILES string of the molecule is CCCCCCCCCCCCCC/C=C/[C@@H](O)[C@H](COP(=O)(O)OCC[N+](C)(C)C)NC(=O)CCCCCCCCCCCCCCCCCCCCCCC. The van der Waals surface area contributed by atoms with Gasteiger partial charge in [-0.15, -0.1) is 0 Å². The van der Waals surface area contributed by atoms with Gasteiger partial charge in [-0.3, -0.25) is 13.8 Å². The second-order valence-corrected chi connectivity index (χ2v) is 19.7. The van der Waals surface area contributed by atoms with Crippen molar-refractivity contribution in [2.75, 3.05) is 40.9 Å². The fourth-order valence-electron chi connectivity index (χ4n) is 7.34. The molecule has 0 aliphatic heterocycles. The first-order valence-corrected chi connectivity index (χ1v) is 26.1. The van der Waals surface area contributed by atoms with Gasteiger partial charge in [0.1, 0.15) is 13.2 Å². The van der Waals surface area contributed by atoms with Crippen molar-refractivity contribution in [1.29, 1.82) is 0 Å². The summed E-state index contributed by atoms with van der Waals surface area (Å²) >= 11 is 0. The Morgan fingerprint density at radius 2 is 0.930 bits per heavy atom. The zero-order chi connectivity index (χ0) is 42.1. The number of nitrogens with one attached hydrogen (secondary N) is 1. The van der Waals surface area contributed by atoms with Crippen molar-refractivity contribution in [2.24, 2.45) is 0 Å². The number of aliphatic hydroxyl groups excluding tert-OH is 1. The van der Waals surface area contributed by atoms with E-state index in [-0.39, 0.29) is 19.1 Å². The van der Waals surface area contributed by atoms with Crippen molar-refractivity contribution in [3.05, 3.63) is 12.2 Å². The quantitative estimate of drug-likeness (QED) is 0.0244. The van der Waals surface area contributed by atoms with Crippen LogP contribution in [0.15, 0.2) is 12.2 Å². The molecule has 1 amide bonds. The van der Waals surface area contributed by atoms with Crippen LogP contribution in [0.3, 0.4) is 0 Å². The molecular weight excluding hydrogens is 732 g/mol. The average molecular weight is 830 g/mol. The Hall–Kier alpha value is -0.760. The number of phosphoric ester groups is 1. The molecule has 0 aromatic rings. The molecule has 8 nitrogen and oxygen atoms in total. The molecule has 0 aromatic carbocycles. The number of unbranched alkanes of at least 4 members (excludes halogenated alkanes) is 32. The number of quaternary nitrogens is 1. The highest BCUT2D eigenvalue weighted by atomic mass is 31.2. The van der Waals surface area contributed by atoms with Crippen LogP contribution in [-0.4, -0.2) is 73.4 Å². The number of nitrogens with zero attached hydrogens (tertiary/aromatic N) is 1. The maximum Gasteiger partial charge on any atom is 0.472 e. The van der Waals surface area contributed by atoms with Gasteiger partial charge < -0.3 is 19.8 Å². The van der Waals surface area contributed by atoms with E-state index in [1.54, 1.807) is 6.08 Å². The molecule has 0 saturated heterocycles. The first-order valence-electron chi connectivity index (χ1n) is 24.6. The van der Waals surface area contributed by atoms with Crippen LogP contribution >= 0.6 is 7.82 Å². The Bertz CT molecular complexity index is 942. The van der Waals surface area contributed by atoms with E-state index < -0.39 is 20.0 Å². The molecule has 0 saturated carbocycles. The predicted octanol–water partition coefficient (Wildman–Crippen LogP) is 13.9. The Labute approximate surface area is 354 Å². The standard InChI is InChI=1S/C48H97N2O6P/c1-6-8-10-12-14-16-18-20-22-23-24-25-26-27-28-30-32-34-36-38-40-42-48(52)49-46(45-56-57(53,54)55-44-43-50(3,4)5)47(51)41-39-37-35-33-31-29-21-19-17-15-13-11-9-7-2/h39,41,46-47,51H,6-38,40,42-45H2,1-5H3,(H-,49,52,53,54)/p+1/b41-39+/t46-,47+/m0/s1. The third-order valence-corrected chi connectivity index (χ3v) is 12.2. The van der Waals surface area contributed by atoms with Gasteiger partial charge in [0, 0.05) is 6.42 Å². The average Bonchev–Trinajstić information content (AvgIpc) is 3.16. The molecular formula is C48H98N2O6P+. The summed E-state index contributed by atoms with van der Waals surface area (Å²) in [5.74, 6) is -0.173. The lowest BCUT2D eigenvalue weighted by molar-refractivity contribution is -0.870. The van der Waals surface area contributed by atoms with Crippen molar-refractivity contribution in [2.45, 2.75) is 251 Å². The number of hydrogen-bond acceptors (Lipinski definition) is 5. The zero-order valence-corrected chi connectivity index (χ0v) is 39.5. The van der Waals surface area contributed by atoms with Gasteiger partial charge >= 0.3 is 7.82 Å². The van der Waals surface area contributed by atoms with Gasteiger partial charge in [0.2, 0.25) is 5.91 Å². The highest BCUT2D eigenvalue weighted by Crippen LogP contribution is 2.43. The summed E-state index contributed by atoms with van der Waals surface area (Å²) in [4.78, 5) is 23.2. The molecule has 340 valence electrons. The Balaban J connectivity index is 4.26. The van der Waals surface area contributed by atoms with Crippen molar-refractivity contribution in [1.82, 2.24) is 5.32 Å². The number of carbonyl (C=O) groups excluding carboxylic acids is 1. The maximum absolute atomic E-state index is 12.9. The molecule has 3 N–H and O–H groups in total. The number of hydrogen-bond donors (Lipinski definition) is 3. The Kier molecular flexibility index (Phi) is 40.1. The molecule has 0 aromatic heterocycles. The minimum atomic E-state index is -4.33. The van der Waals surface area contributed by atoms with Crippen LogP contribution < -0.4 is 5.32 Å². The maximum atomic E-state index is 12.9. The predicted molar refractivity (Wildman–Crippen MR) is 245 cm³/mol. The topological polar surface area (TPSA) is 105 Å². The van der Waals surface area contributed by atoms with Gasteiger partial charge in [-0.25, -0.2) is 4.57 Å². The summed E-state index contributed by atoms with van der Waals surface area (Å²) in [6.45, 7) is 4.84. The minimum Gasteiger partial charge on any atom is -0.387 e. The van der Waals surface area contributed by atoms with Gasteiger partial charge in [-0.05, 0) is 19.3 Å². The molecule has 0 bridgehead atoms. The highest BCUT2D eigenvalue weighted by molar-refractivity contribution is 7.47. The van der Waals surface area contributed by atoms with Gasteiger partial charge in [-0.2, -0.15) is 0 Å². The minimum absolute atomic E-state index is 0.0648. The van der Waals surface area contributed by atoms with Gasteiger partial charge in [0.25, 0.3) is 0 Å². The number of carbonyl (C=O) groups is 1. The summed E-state index contributed by atoms with van der Waals surface area (Å²) in [6, 6.07) is -0.840. The molecule has 57 heavy (non-hydrogen) atoms. The fourth-order valence-corrected chi connectivity index (χ4v) is 8.07. The number of amides is 1. The number of aliphatic hydroxyl groups is 1. The van der Waals surface area contributed by atoms with Gasteiger partial charge in [0.05, 0.1) is 39.9 Å². The first kappa shape index (κ1) is 56.2. The molecule has 0 heterocycles. The second kappa shape index (κ2) is 40.6. The van der Waals surface area contributed by atoms with Crippen LogP contribution in [0, 0.1) is 0 Å². The monoisotopic (exact) mass is 830 g/mol. The Morgan fingerprint density at radius 3 is 1.30 bits per heavy atom. The lowest BCUT2D eigenvalue weighted by Gasteiger charge is -2.25. The number of phosphoric acid groups is 1. The van der Waals surface area contributed by atoms with Crippen LogP contribution in [0.4, 0.5) is 0 Å². The highest BCUT2D eigenvalue weighted by Gasteiger charge is 2.27. The van der Waals surface area contributed by atoms with E-state index in [9.17, 15) is 19.4 Å². The molecule has 3 atom stereocenters. The summed E-state index contributed by atoms with van der Waals surface area (Å²) in [5.41, 5.74) is 0. The molecule has 0 aliphatic carbocycles. The molecule has 9 heteroatoms. The molecule has 1 unspecified atom stereocenters. The van der Waals surface area contributed by atoms with Crippen LogP contribution in [-0.2, 0) is 18.4 Å². The van der Waals surface area contributed by atoms with Gasteiger partial charge in [0.15, 0.2) is 0 Å². The lowest BCUT2D eigenvalue weighted by atomic mass is 10.0. The van der Waals surface area contributed by atoms with E-state index in [1.807, 2.05) is 27.2 Å². The van der Waals surface area contributed by atoms with E-state index >= 15 is 0 Å². The zero-order valence-electron chi connectivity index (χ0n) is 38.6. The normalized spacial score (nSPS) is 14.3. The van der Waals surface area contributed by atoms with E-state index in [4.69, 9.17) is 9.05 Å². The molecule has 0 aliphatic rings. The molecule has 0 spiro atoms. The van der Waals surface area contributed by atoms with Gasteiger partial charge in [-0.1, -0.05) is 225 Å². The van der Waals surface area contributed by atoms with E-state index in [0.717, 1.165) is 38.5 Å². The van der Waals surface area contributed by atoms with E-state index in [0.29, 0.717) is 17.4 Å². The third kappa shape index (κ3) is 43.1. The first-order chi connectivity index (χ1) is 27.5. The van der Waals surface area contributed by atoms with Crippen LogP contribution in [0.5, 0.6) is 0 Å². The van der Waals surface area contributed by atoms with Crippen molar-refractivity contribution in [3.63, 3.8) is 0 Å². The summed E-state index contributed by atoms with van der Waals surface area (Å²) < 4.78 is 23.6. The van der Waals surface area contributed by atoms with Crippen LogP contribution in [0.25, 0.3) is 0 Å². The van der Waals surface area contributed by atoms with E-state index in [1.165, 1.54) is 180 Å². The number of likely N-dealkylation sites (N-methyl/N-ethyl adjacent to an activating group) is 1. The van der Waals surface area contributed by atoms with E-state index in [2.05, 4.69) is 19.2 Å². The molecule has 0 radical (unpaired) electrons. The van der Waals surface area contributed by atoms with Crippen LogP contribution in [0.2, 0.25) is 0 Å². The Morgan fingerprint density at radius 1 is 0.579 bits per heavy atom. The largest absolute Gasteiger partial charge is 0.472 e. The summed E-state index contributed by atoms with van der Waals surface area (Å²) in [6.07, 6.45) is 47.1. The molecule has 0 fully saturated rings. The number of rotatable bonds is 45. The smallest absolute Gasteiger partial charge is 0.387 e. The summed E-state index contributed by atoms with van der Waals surface area (Å²) in [5, 5.41) is 13.9. The molecule has 0 rings (SSSR count). The fraction of sp³-hybridized carbons (Fsp3) is 0.938. The second-order valence-electron chi connectivity index (χ2n) is 18.2. The van der Waals surface area contributed by atoms with Crippen LogP contribution in [0.1, 0.15) is 239 Å². The van der Waals surface area contributed by atoms with Crippen molar-refractivity contribution >= 4 is 13.7 Å². The number of allylic oxidation sites excluding steroid dienone is 1.